The standard InChI is InChI=1S/C9H10Br2O/c1-6-5-7(9(10)11)3-4-8(6)12-2/h3-5,9H,1-2H3. The van der Waals surface area contributed by atoms with Crippen LogP contribution in [0.3, 0.4) is 0 Å². The van der Waals surface area contributed by atoms with Gasteiger partial charge in [-0.15, -0.1) is 0 Å². The van der Waals surface area contributed by atoms with E-state index in [1.54, 1.807) is 7.11 Å². The maximum absolute atomic E-state index is 5.15. The van der Waals surface area contributed by atoms with Gasteiger partial charge in [-0.3, -0.25) is 0 Å². The Labute approximate surface area is 89.4 Å². The maximum Gasteiger partial charge on any atom is 0.121 e. The second-order valence-electron chi connectivity index (χ2n) is 2.53. The van der Waals surface area contributed by atoms with Crippen molar-refractivity contribution < 1.29 is 4.74 Å². The molecule has 1 rings (SSSR count). The van der Waals surface area contributed by atoms with Gasteiger partial charge in [0.15, 0.2) is 0 Å². The quantitative estimate of drug-likeness (QED) is 0.754. The number of aryl methyl sites for hydroxylation is 1. The largest absolute Gasteiger partial charge is 0.496 e. The molecule has 0 radical (unpaired) electrons. The molecule has 66 valence electrons. The smallest absolute Gasteiger partial charge is 0.121 e. The van der Waals surface area contributed by atoms with Crippen LogP contribution in [0.4, 0.5) is 0 Å². The highest BCUT2D eigenvalue weighted by molar-refractivity contribution is 9.24. The van der Waals surface area contributed by atoms with E-state index in [0.717, 1.165) is 11.3 Å². The van der Waals surface area contributed by atoms with Gasteiger partial charge in [-0.1, -0.05) is 44.0 Å². The molecule has 0 aliphatic carbocycles. The van der Waals surface area contributed by atoms with E-state index in [-0.39, 0.29) is 3.74 Å². The van der Waals surface area contributed by atoms with Crippen molar-refractivity contribution in [2.45, 2.75) is 10.7 Å². The van der Waals surface area contributed by atoms with Crippen molar-refractivity contribution in [2.24, 2.45) is 0 Å². The molecule has 0 heterocycles. The fraction of sp³-hybridized carbons (Fsp3) is 0.333. The summed E-state index contributed by atoms with van der Waals surface area (Å²) < 4.78 is 5.37. The van der Waals surface area contributed by atoms with Crippen molar-refractivity contribution in [3.63, 3.8) is 0 Å². The number of hydrogen-bond donors (Lipinski definition) is 0. The van der Waals surface area contributed by atoms with Crippen LogP contribution in [0.25, 0.3) is 0 Å². The van der Waals surface area contributed by atoms with Crippen LogP contribution in [-0.4, -0.2) is 7.11 Å². The van der Waals surface area contributed by atoms with Crippen LogP contribution in [0, 0.1) is 6.92 Å². The first-order valence-electron chi connectivity index (χ1n) is 3.58. The molecule has 0 aliphatic heterocycles. The number of benzene rings is 1. The minimum Gasteiger partial charge on any atom is -0.496 e. The molecule has 1 aromatic carbocycles. The zero-order chi connectivity index (χ0) is 9.14. The van der Waals surface area contributed by atoms with Crippen LogP contribution in [0.1, 0.15) is 14.9 Å². The summed E-state index contributed by atoms with van der Waals surface area (Å²) in [4.78, 5) is 0. The van der Waals surface area contributed by atoms with Crippen molar-refractivity contribution in [3.05, 3.63) is 29.3 Å². The van der Waals surface area contributed by atoms with Crippen LogP contribution in [0.5, 0.6) is 5.75 Å². The van der Waals surface area contributed by atoms with Gasteiger partial charge in [-0.2, -0.15) is 0 Å². The molecule has 12 heavy (non-hydrogen) atoms. The molecule has 0 aliphatic rings. The molecule has 1 nitrogen and oxygen atoms in total. The second kappa shape index (κ2) is 4.28. The first kappa shape index (κ1) is 10.1. The number of rotatable bonds is 2. The predicted octanol–water partition coefficient (Wildman–Crippen LogP) is 3.79. The topological polar surface area (TPSA) is 9.23 Å². The molecule has 0 fully saturated rings. The number of hydrogen-bond acceptors (Lipinski definition) is 1. The normalized spacial score (nSPS) is 10.4. The first-order chi connectivity index (χ1) is 5.65. The van der Waals surface area contributed by atoms with E-state index in [9.17, 15) is 0 Å². The van der Waals surface area contributed by atoms with E-state index in [2.05, 4.69) is 37.9 Å². The van der Waals surface area contributed by atoms with E-state index in [4.69, 9.17) is 4.74 Å². The van der Waals surface area contributed by atoms with Crippen LogP contribution in [0.2, 0.25) is 0 Å². The summed E-state index contributed by atoms with van der Waals surface area (Å²) in [5, 5.41) is 0. The highest BCUT2D eigenvalue weighted by Gasteiger charge is 2.04. The summed E-state index contributed by atoms with van der Waals surface area (Å²) in [7, 11) is 1.68. The summed E-state index contributed by atoms with van der Waals surface area (Å²) in [5.41, 5.74) is 2.35. The average Bonchev–Trinajstić information content (AvgIpc) is 2.04. The summed E-state index contributed by atoms with van der Waals surface area (Å²) in [6.45, 7) is 2.03. The monoisotopic (exact) mass is 292 g/mol. The lowest BCUT2D eigenvalue weighted by Gasteiger charge is -2.07. The molecular weight excluding hydrogens is 284 g/mol. The Hall–Kier alpha value is -0.0200. The Morgan fingerprint density at radius 3 is 2.42 bits per heavy atom. The summed E-state index contributed by atoms with van der Waals surface area (Å²) in [5.74, 6) is 0.930. The Kier molecular flexibility index (Phi) is 3.59. The second-order valence-corrected chi connectivity index (χ2v) is 5.59. The summed E-state index contributed by atoms with van der Waals surface area (Å²) in [6, 6.07) is 6.09. The van der Waals surface area contributed by atoms with Crippen molar-refractivity contribution in [3.8, 4) is 5.75 Å². The molecule has 0 spiro atoms. The van der Waals surface area contributed by atoms with Gasteiger partial charge in [0, 0.05) is 0 Å². The third-order valence-corrected chi connectivity index (χ3v) is 2.73. The molecule has 0 bridgehead atoms. The van der Waals surface area contributed by atoms with Crippen LogP contribution in [-0.2, 0) is 0 Å². The third-order valence-electron chi connectivity index (χ3n) is 1.67. The van der Waals surface area contributed by atoms with Gasteiger partial charge in [-0.05, 0) is 24.1 Å². The van der Waals surface area contributed by atoms with E-state index >= 15 is 0 Å². The first-order valence-corrected chi connectivity index (χ1v) is 5.41. The van der Waals surface area contributed by atoms with Gasteiger partial charge >= 0.3 is 0 Å². The highest BCUT2D eigenvalue weighted by Crippen LogP contribution is 2.31. The van der Waals surface area contributed by atoms with Gasteiger partial charge < -0.3 is 4.74 Å². The molecule has 0 saturated heterocycles. The molecule has 0 aromatic heterocycles. The van der Waals surface area contributed by atoms with Gasteiger partial charge in [0.05, 0.1) is 10.8 Å². The van der Waals surface area contributed by atoms with Gasteiger partial charge in [0.2, 0.25) is 0 Å². The molecule has 0 unspecified atom stereocenters. The number of alkyl halides is 2. The van der Waals surface area contributed by atoms with Gasteiger partial charge in [0.25, 0.3) is 0 Å². The van der Waals surface area contributed by atoms with Gasteiger partial charge in [-0.25, -0.2) is 0 Å². The lowest BCUT2D eigenvalue weighted by atomic mass is 10.1. The lowest BCUT2D eigenvalue weighted by Crippen LogP contribution is -1.88. The fourth-order valence-electron chi connectivity index (χ4n) is 1.04. The van der Waals surface area contributed by atoms with Crippen molar-refractivity contribution >= 4 is 31.9 Å². The Bertz CT molecular complexity index is 271. The van der Waals surface area contributed by atoms with Crippen LogP contribution in [0.15, 0.2) is 18.2 Å². The molecule has 0 atom stereocenters. The zero-order valence-corrected chi connectivity index (χ0v) is 10.1. The lowest BCUT2D eigenvalue weighted by molar-refractivity contribution is 0.411. The molecule has 1 aromatic rings. The van der Waals surface area contributed by atoms with Crippen LogP contribution >= 0.6 is 31.9 Å². The Balaban J connectivity index is 3.02. The zero-order valence-electron chi connectivity index (χ0n) is 6.97. The minimum absolute atomic E-state index is 0.217. The third kappa shape index (κ3) is 2.23. The SMILES string of the molecule is COc1ccc(C(Br)Br)cc1C. The number of halogens is 2. The van der Waals surface area contributed by atoms with Crippen molar-refractivity contribution in [1.82, 2.24) is 0 Å². The molecule has 0 amide bonds. The average molecular weight is 294 g/mol. The Morgan fingerprint density at radius 2 is 2.00 bits per heavy atom. The highest BCUT2D eigenvalue weighted by atomic mass is 79.9. The maximum atomic E-state index is 5.15. The molecular formula is C9H10Br2O. The van der Waals surface area contributed by atoms with Gasteiger partial charge in [0.1, 0.15) is 5.75 Å². The molecule has 3 heteroatoms. The Morgan fingerprint density at radius 1 is 1.33 bits per heavy atom. The van der Waals surface area contributed by atoms with Crippen LogP contribution < -0.4 is 4.74 Å². The fourth-order valence-corrected chi connectivity index (χ4v) is 1.61. The van der Waals surface area contributed by atoms with E-state index < -0.39 is 0 Å². The van der Waals surface area contributed by atoms with E-state index in [1.165, 1.54) is 5.56 Å². The predicted molar refractivity (Wildman–Crippen MR) is 58.3 cm³/mol. The number of ether oxygens (including phenoxy) is 1. The van der Waals surface area contributed by atoms with E-state index in [1.807, 2.05) is 19.1 Å². The summed E-state index contributed by atoms with van der Waals surface area (Å²) in [6.07, 6.45) is 0. The number of methoxy groups -OCH3 is 1. The summed E-state index contributed by atoms with van der Waals surface area (Å²) >= 11 is 6.88. The van der Waals surface area contributed by atoms with E-state index in [0.29, 0.717) is 0 Å². The van der Waals surface area contributed by atoms with Crippen molar-refractivity contribution in [2.75, 3.05) is 7.11 Å². The minimum atomic E-state index is 0.217. The van der Waals surface area contributed by atoms with Crippen molar-refractivity contribution in [1.29, 1.82) is 0 Å². The molecule has 0 N–H and O–H groups in total. The molecule has 0 saturated carbocycles.